The topological polar surface area (TPSA) is 49.8 Å². The molecule has 4 heteroatoms. The Morgan fingerprint density at radius 3 is 2.44 bits per heavy atom. The number of carbonyl (C=O) groups is 1. The molecule has 0 radical (unpaired) electrons. The van der Waals surface area contributed by atoms with Crippen molar-refractivity contribution in [3.63, 3.8) is 0 Å². The molecule has 1 amide bonds. The van der Waals surface area contributed by atoms with E-state index in [1.54, 1.807) is 26.2 Å². The highest BCUT2D eigenvalue weighted by molar-refractivity contribution is 5.77. The van der Waals surface area contributed by atoms with E-state index in [1.165, 1.54) is 4.90 Å². The normalized spacial score (nSPS) is 9.94. The first-order chi connectivity index (χ1) is 7.63. The van der Waals surface area contributed by atoms with Crippen LogP contribution in [0, 0.1) is 0 Å². The molecule has 0 aliphatic rings. The molecule has 88 valence electrons. The average Bonchev–Trinajstić information content (AvgIpc) is 2.28. The average molecular weight is 223 g/mol. The highest BCUT2D eigenvalue weighted by Crippen LogP contribution is 2.12. The SMILES string of the molecule is CN(C)C(=O)COc1ccc(CCO)cc1. The van der Waals surface area contributed by atoms with Crippen molar-refractivity contribution in [3.05, 3.63) is 29.8 Å². The molecular weight excluding hydrogens is 206 g/mol. The number of benzene rings is 1. The van der Waals surface area contributed by atoms with E-state index < -0.39 is 0 Å². The fraction of sp³-hybridized carbons (Fsp3) is 0.417. The van der Waals surface area contributed by atoms with Gasteiger partial charge in [-0.2, -0.15) is 0 Å². The molecule has 1 rings (SSSR count). The zero-order chi connectivity index (χ0) is 12.0. The third-order valence-electron chi connectivity index (χ3n) is 2.18. The van der Waals surface area contributed by atoms with Gasteiger partial charge < -0.3 is 14.7 Å². The molecule has 16 heavy (non-hydrogen) atoms. The molecule has 0 bridgehead atoms. The molecule has 0 spiro atoms. The van der Waals surface area contributed by atoms with Crippen LogP contribution in [0.5, 0.6) is 5.75 Å². The molecule has 1 N–H and O–H groups in total. The fourth-order valence-electron chi connectivity index (χ4n) is 1.16. The molecule has 0 aromatic heterocycles. The van der Waals surface area contributed by atoms with Crippen molar-refractivity contribution in [2.45, 2.75) is 6.42 Å². The minimum absolute atomic E-state index is 0.0480. The Balaban J connectivity index is 2.46. The number of aliphatic hydroxyl groups is 1. The minimum atomic E-state index is -0.0700. The Hall–Kier alpha value is -1.55. The molecule has 0 saturated carbocycles. The van der Waals surface area contributed by atoms with Gasteiger partial charge in [-0.05, 0) is 24.1 Å². The predicted molar refractivity (Wildman–Crippen MR) is 61.4 cm³/mol. The Morgan fingerprint density at radius 2 is 1.94 bits per heavy atom. The van der Waals surface area contributed by atoms with Gasteiger partial charge in [0.2, 0.25) is 0 Å². The Morgan fingerprint density at radius 1 is 1.31 bits per heavy atom. The second-order valence-electron chi connectivity index (χ2n) is 3.69. The summed E-state index contributed by atoms with van der Waals surface area (Å²) in [6, 6.07) is 7.36. The number of carbonyl (C=O) groups excluding carboxylic acids is 1. The fourth-order valence-corrected chi connectivity index (χ4v) is 1.16. The maximum absolute atomic E-state index is 11.3. The van der Waals surface area contributed by atoms with Gasteiger partial charge in [-0.1, -0.05) is 12.1 Å². The minimum Gasteiger partial charge on any atom is -0.484 e. The molecule has 0 aliphatic heterocycles. The van der Waals surface area contributed by atoms with Crippen LogP contribution in [0.1, 0.15) is 5.56 Å². The number of rotatable bonds is 5. The van der Waals surface area contributed by atoms with Crippen LogP contribution in [-0.2, 0) is 11.2 Å². The first-order valence-electron chi connectivity index (χ1n) is 5.16. The lowest BCUT2D eigenvalue weighted by molar-refractivity contribution is -0.130. The van der Waals surface area contributed by atoms with Gasteiger partial charge in [-0.25, -0.2) is 0 Å². The number of hydrogen-bond donors (Lipinski definition) is 1. The smallest absolute Gasteiger partial charge is 0.259 e. The highest BCUT2D eigenvalue weighted by atomic mass is 16.5. The summed E-state index contributed by atoms with van der Waals surface area (Å²) in [5.41, 5.74) is 1.05. The molecule has 4 nitrogen and oxygen atoms in total. The van der Waals surface area contributed by atoms with Crippen LogP contribution < -0.4 is 4.74 Å². The zero-order valence-electron chi connectivity index (χ0n) is 9.64. The second-order valence-corrected chi connectivity index (χ2v) is 3.69. The third-order valence-corrected chi connectivity index (χ3v) is 2.18. The van der Waals surface area contributed by atoms with Crippen LogP contribution in [0.15, 0.2) is 24.3 Å². The van der Waals surface area contributed by atoms with Crippen LogP contribution in [0.4, 0.5) is 0 Å². The molecule has 0 heterocycles. The van der Waals surface area contributed by atoms with Crippen molar-refractivity contribution in [1.29, 1.82) is 0 Å². The lowest BCUT2D eigenvalue weighted by Crippen LogP contribution is -2.27. The third kappa shape index (κ3) is 3.90. The molecule has 0 atom stereocenters. The predicted octanol–water partition coefficient (Wildman–Crippen LogP) is 0.688. The van der Waals surface area contributed by atoms with E-state index in [2.05, 4.69) is 0 Å². The summed E-state index contributed by atoms with van der Waals surface area (Å²) >= 11 is 0. The second kappa shape index (κ2) is 6.12. The van der Waals surface area contributed by atoms with Gasteiger partial charge in [0.05, 0.1) is 0 Å². The van der Waals surface area contributed by atoms with E-state index in [1.807, 2.05) is 12.1 Å². The van der Waals surface area contributed by atoms with E-state index in [-0.39, 0.29) is 19.1 Å². The Bertz CT molecular complexity index is 333. The summed E-state index contributed by atoms with van der Waals surface area (Å²) in [4.78, 5) is 12.7. The van der Waals surface area contributed by atoms with Crippen LogP contribution in [0.2, 0.25) is 0 Å². The van der Waals surface area contributed by atoms with Gasteiger partial charge in [-0.15, -0.1) is 0 Å². The number of hydrogen-bond acceptors (Lipinski definition) is 3. The maximum atomic E-state index is 11.3. The summed E-state index contributed by atoms with van der Waals surface area (Å²) in [7, 11) is 3.38. The Labute approximate surface area is 95.5 Å². The lowest BCUT2D eigenvalue weighted by Gasteiger charge is -2.11. The number of aliphatic hydroxyl groups excluding tert-OH is 1. The van der Waals surface area contributed by atoms with E-state index >= 15 is 0 Å². The summed E-state index contributed by atoms with van der Waals surface area (Å²) in [6.07, 6.45) is 0.636. The Kier molecular flexibility index (Phi) is 4.79. The highest BCUT2D eigenvalue weighted by Gasteiger charge is 2.04. The largest absolute Gasteiger partial charge is 0.484 e. The van der Waals surface area contributed by atoms with Crippen molar-refractivity contribution in [2.75, 3.05) is 27.3 Å². The van der Waals surface area contributed by atoms with Crippen LogP contribution >= 0.6 is 0 Å². The summed E-state index contributed by atoms with van der Waals surface area (Å²) in [5, 5.41) is 8.74. The van der Waals surface area contributed by atoms with Crippen molar-refractivity contribution in [2.24, 2.45) is 0 Å². The lowest BCUT2D eigenvalue weighted by atomic mass is 10.1. The quantitative estimate of drug-likeness (QED) is 0.799. The molecule has 0 unspecified atom stereocenters. The molecule has 0 saturated heterocycles. The first kappa shape index (κ1) is 12.5. The van der Waals surface area contributed by atoms with Gasteiger partial charge in [0.25, 0.3) is 5.91 Å². The van der Waals surface area contributed by atoms with Crippen LogP contribution in [0.25, 0.3) is 0 Å². The number of likely N-dealkylation sites (N-methyl/N-ethyl adjacent to an activating group) is 1. The number of ether oxygens (including phenoxy) is 1. The van der Waals surface area contributed by atoms with E-state index in [4.69, 9.17) is 9.84 Å². The van der Waals surface area contributed by atoms with Crippen LogP contribution in [-0.4, -0.2) is 43.2 Å². The molecule has 0 aliphatic carbocycles. The maximum Gasteiger partial charge on any atom is 0.259 e. The van der Waals surface area contributed by atoms with Gasteiger partial charge in [0.1, 0.15) is 5.75 Å². The first-order valence-corrected chi connectivity index (χ1v) is 5.16. The van der Waals surface area contributed by atoms with Crippen molar-refractivity contribution in [3.8, 4) is 5.75 Å². The molecule has 1 aromatic carbocycles. The zero-order valence-corrected chi connectivity index (χ0v) is 9.64. The van der Waals surface area contributed by atoms with Crippen molar-refractivity contribution in [1.82, 2.24) is 4.90 Å². The summed E-state index contributed by atoms with van der Waals surface area (Å²) < 4.78 is 5.31. The number of nitrogens with zero attached hydrogens (tertiary/aromatic N) is 1. The van der Waals surface area contributed by atoms with Crippen molar-refractivity contribution < 1.29 is 14.6 Å². The van der Waals surface area contributed by atoms with Gasteiger partial charge >= 0.3 is 0 Å². The van der Waals surface area contributed by atoms with E-state index in [0.29, 0.717) is 12.2 Å². The van der Waals surface area contributed by atoms with E-state index in [9.17, 15) is 4.79 Å². The van der Waals surface area contributed by atoms with Crippen LogP contribution in [0.3, 0.4) is 0 Å². The van der Waals surface area contributed by atoms with Gasteiger partial charge in [0.15, 0.2) is 6.61 Å². The van der Waals surface area contributed by atoms with Gasteiger partial charge in [0, 0.05) is 20.7 Å². The van der Waals surface area contributed by atoms with Crippen molar-refractivity contribution >= 4 is 5.91 Å². The van der Waals surface area contributed by atoms with Gasteiger partial charge in [-0.3, -0.25) is 4.79 Å². The molecule has 1 aromatic rings. The number of amides is 1. The monoisotopic (exact) mass is 223 g/mol. The summed E-state index contributed by atoms with van der Waals surface area (Å²) in [6.45, 7) is 0.186. The van der Waals surface area contributed by atoms with E-state index in [0.717, 1.165) is 5.56 Å². The molecule has 0 fully saturated rings. The molecular formula is C12H17NO3. The summed E-state index contributed by atoms with van der Waals surface area (Å²) in [5.74, 6) is 0.594. The standard InChI is InChI=1S/C12H17NO3/c1-13(2)12(15)9-16-11-5-3-10(4-6-11)7-8-14/h3-6,14H,7-9H2,1-2H3.